The molecule has 1 aliphatic rings. The number of hydrogen-bond acceptors (Lipinski definition) is 3. The summed E-state index contributed by atoms with van der Waals surface area (Å²) in [4.78, 5) is 2.33. The van der Waals surface area contributed by atoms with E-state index in [1.807, 2.05) is 24.3 Å². The quantitative estimate of drug-likeness (QED) is 0.812. The third-order valence-electron chi connectivity index (χ3n) is 4.27. The van der Waals surface area contributed by atoms with Crippen LogP contribution in [0.5, 0.6) is 0 Å². The van der Waals surface area contributed by atoms with Gasteiger partial charge in [-0.05, 0) is 42.0 Å². The summed E-state index contributed by atoms with van der Waals surface area (Å²) >= 11 is 0. The summed E-state index contributed by atoms with van der Waals surface area (Å²) in [5.41, 5.74) is 2.07. The molecule has 3 heteroatoms. The molecule has 3 nitrogen and oxygen atoms in total. The van der Waals surface area contributed by atoms with Gasteiger partial charge in [-0.1, -0.05) is 13.8 Å². The van der Waals surface area contributed by atoms with Crippen LogP contribution in [0.25, 0.3) is 0 Å². The van der Waals surface area contributed by atoms with Crippen LogP contribution in [0.4, 0.5) is 5.69 Å². The molecule has 1 heterocycles. The Hall–Kier alpha value is -2.00. The van der Waals surface area contributed by atoms with Crippen LogP contribution in [-0.2, 0) is 0 Å². The van der Waals surface area contributed by atoms with E-state index >= 15 is 0 Å². The number of hydrogen-bond donors (Lipinski definition) is 0. The Kier molecular flexibility index (Phi) is 3.76. The topological polar surface area (TPSA) is 50.8 Å². The fourth-order valence-electron chi connectivity index (χ4n) is 2.66. The van der Waals surface area contributed by atoms with Crippen molar-refractivity contribution in [1.82, 2.24) is 0 Å². The molecule has 1 unspecified atom stereocenters. The van der Waals surface area contributed by atoms with E-state index in [2.05, 4.69) is 30.9 Å². The molecule has 0 spiro atoms. The van der Waals surface area contributed by atoms with E-state index in [9.17, 15) is 0 Å². The van der Waals surface area contributed by atoms with Gasteiger partial charge in [0.25, 0.3) is 0 Å². The molecule has 0 aromatic heterocycles. The molecule has 0 radical (unpaired) electrons. The number of benzene rings is 1. The second kappa shape index (κ2) is 5.33. The Morgan fingerprint density at radius 1 is 1.26 bits per heavy atom. The highest BCUT2D eigenvalue weighted by molar-refractivity contribution is 5.50. The average Bonchev–Trinajstić information content (AvgIpc) is 2.41. The van der Waals surface area contributed by atoms with Gasteiger partial charge in [0.1, 0.15) is 0 Å². The molecule has 0 bridgehead atoms. The summed E-state index contributed by atoms with van der Waals surface area (Å²) in [5, 5.41) is 17.8. The lowest BCUT2D eigenvalue weighted by atomic mass is 9.72. The smallest absolute Gasteiger partial charge is 0.0991 e. The highest BCUT2D eigenvalue weighted by Crippen LogP contribution is 2.38. The van der Waals surface area contributed by atoms with E-state index in [0.717, 1.165) is 25.2 Å². The Morgan fingerprint density at radius 3 is 2.53 bits per heavy atom. The zero-order chi connectivity index (χ0) is 13.9. The van der Waals surface area contributed by atoms with Crippen LogP contribution in [-0.4, -0.2) is 13.1 Å². The van der Waals surface area contributed by atoms with Crippen molar-refractivity contribution in [1.29, 1.82) is 10.5 Å². The van der Waals surface area contributed by atoms with Gasteiger partial charge >= 0.3 is 0 Å². The molecule has 1 saturated heterocycles. The number of nitrogens with zero attached hydrogens (tertiary/aromatic N) is 3. The van der Waals surface area contributed by atoms with Crippen molar-refractivity contribution < 1.29 is 0 Å². The molecular weight excluding hydrogens is 234 g/mol. The fourth-order valence-corrected chi connectivity index (χ4v) is 2.66. The van der Waals surface area contributed by atoms with Gasteiger partial charge in [-0.3, -0.25) is 0 Å². The maximum absolute atomic E-state index is 8.97. The molecule has 98 valence electrons. The van der Waals surface area contributed by atoms with E-state index in [-0.39, 0.29) is 5.41 Å². The number of piperidine rings is 1. The second-order valence-electron chi connectivity index (χ2n) is 5.90. The van der Waals surface area contributed by atoms with Crippen molar-refractivity contribution in [2.45, 2.75) is 26.7 Å². The summed E-state index contributed by atoms with van der Waals surface area (Å²) in [5.74, 6) is 0.405. The lowest BCUT2D eigenvalue weighted by molar-refractivity contribution is 0.174. The number of nitriles is 2. The minimum Gasteiger partial charge on any atom is -0.371 e. The molecular formula is C16H19N3. The molecule has 0 aliphatic carbocycles. The Labute approximate surface area is 115 Å². The van der Waals surface area contributed by atoms with Gasteiger partial charge in [-0.2, -0.15) is 10.5 Å². The van der Waals surface area contributed by atoms with Gasteiger partial charge < -0.3 is 4.90 Å². The van der Waals surface area contributed by atoms with Crippen molar-refractivity contribution >= 4 is 5.69 Å². The van der Waals surface area contributed by atoms with Crippen LogP contribution in [0, 0.1) is 34.0 Å². The summed E-state index contributed by atoms with van der Waals surface area (Å²) in [6.45, 7) is 6.45. The first-order valence-electron chi connectivity index (χ1n) is 6.69. The second-order valence-corrected chi connectivity index (χ2v) is 5.90. The van der Waals surface area contributed by atoms with Crippen molar-refractivity contribution in [3.63, 3.8) is 0 Å². The van der Waals surface area contributed by atoms with Gasteiger partial charge in [0.05, 0.1) is 17.7 Å². The highest BCUT2D eigenvalue weighted by Gasteiger charge is 2.35. The molecule has 1 aromatic rings. The van der Waals surface area contributed by atoms with Crippen LogP contribution in [0.3, 0.4) is 0 Å². The third-order valence-corrected chi connectivity index (χ3v) is 4.27. The van der Waals surface area contributed by atoms with Gasteiger partial charge in [0.2, 0.25) is 0 Å². The maximum Gasteiger partial charge on any atom is 0.0991 e. The standard InChI is InChI=1S/C16H19N3/c1-16(2)8-10-19(12-14(16)7-9-17)15-5-3-13(11-18)4-6-15/h3-6,14H,7-8,10,12H2,1-2H3. The van der Waals surface area contributed by atoms with Crippen LogP contribution >= 0.6 is 0 Å². The molecule has 1 atom stereocenters. The van der Waals surface area contributed by atoms with Crippen molar-refractivity contribution in [2.75, 3.05) is 18.0 Å². The lowest BCUT2D eigenvalue weighted by Crippen LogP contribution is -2.44. The van der Waals surface area contributed by atoms with Crippen LogP contribution in [0.1, 0.15) is 32.3 Å². The van der Waals surface area contributed by atoms with E-state index in [1.54, 1.807) is 0 Å². The Bertz CT molecular complexity index is 516. The molecule has 0 saturated carbocycles. The van der Waals surface area contributed by atoms with Gasteiger partial charge in [-0.15, -0.1) is 0 Å². The van der Waals surface area contributed by atoms with Crippen LogP contribution < -0.4 is 4.90 Å². The molecule has 19 heavy (non-hydrogen) atoms. The predicted octanol–water partition coefficient (Wildman–Crippen LogP) is 3.32. The molecule has 2 rings (SSSR count). The largest absolute Gasteiger partial charge is 0.371 e. The van der Waals surface area contributed by atoms with Gasteiger partial charge in [0, 0.05) is 25.2 Å². The van der Waals surface area contributed by atoms with Gasteiger partial charge in [-0.25, -0.2) is 0 Å². The lowest BCUT2D eigenvalue weighted by Gasteiger charge is -2.44. The minimum atomic E-state index is 0.235. The number of rotatable bonds is 2. The Morgan fingerprint density at radius 2 is 1.95 bits per heavy atom. The minimum absolute atomic E-state index is 0.235. The number of anilines is 1. The molecule has 0 N–H and O–H groups in total. The fraction of sp³-hybridized carbons (Fsp3) is 0.500. The first-order chi connectivity index (χ1) is 9.06. The zero-order valence-electron chi connectivity index (χ0n) is 11.6. The molecule has 0 amide bonds. The van der Waals surface area contributed by atoms with E-state index < -0.39 is 0 Å². The normalized spacial score (nSPS) is 21.5. The van der Waals surface area contributed by atoms with Crippen LogP contribution in [0.2, 0.25) is 0 Å². The van der Waals surface area contributed by atoms with E-state index in [0.29, 0.717) is 17.9 Å². The summed E-state index contributed by atoms with van der Waals surface area (Å²) in [6.07, 6.45) is 1.71. The van der Waals surface area contributed by atoms with Crippen LogP contribution in [0.15, 0.2) is 24.3 Å². The third kappa shape index (κ3) is 2.88. The SMILES string of the molecule is CC1(C)CCN(c2ccc(C#N)cc2)CC1CC#N. The summed E-state index contributed by atoms with van der Waals surface area (Å²) < 4.78 is 0. The molecule has 1 aromatic carbocycles. The highest BCUT2D eigenvalue weighted by atomic mass is 15.1. The van der Waals surface area contributed by atoms with E-state index in [4.69, 9.17) is 10.5 Å². The molecule has 1 aliphatic heterocycles. The first-order valence-corrected chi connectivity index (χ1v) is 6.69. The van der Waals surface area contributed by atoms with E-state index in [1.165, 1.54) is 0 Å². The molecule has 1 fully saturated rings. The summed E-state index contributed by atoms with van der Waals surface area (Å²) in [7, 11) is 0. The van der Waals surface area contributed by atoms with Crippen molar-refractivity contribution in [3.8, 4) is 12.1 Å². The average molecular weight is 253 g/mol. The Balaban J connectivity index is 2.14. The first kappa shape index (κ1) is 13.4. The maximum atomic E-state index is 8.97. The van der Waals surface area contributed by atoms with Crippen molar-refractivity contribution in [3.05, 3.63) is 29.8 Å². The monoisotopic (exact) mass is 253 g/mol. The predicted molar refractivity (Wildman–Crippen MR) is 75.5 cm³/mol. The zero-order valence-corrected chi connectivity index (χ0v) is 11.6. The van der Waals surface area contributed by atoms with Gasteiger partial charge in [0.15, 0.2) is 0 Å². The van der Waals surface area contributed by atoms with Crippen molar-refractivity contribution in [2.24, 2.45) is 11.3 Å². The summed E-state index contributed by atoms with van der Waals surface area (Å²) in [6, 6.07) is 12.2.